The van der Waals surface area contributed by atoms with E-state index in [0.717, 1.165) is 16.8 Å². The summed E-state index contributed by atoms with van der Waals surface area (Å²) < 4.78 is 6.77. The van der Waals surface area contributed by atoms with Crippen LogP contribution in [-0.2, 0) is 5.41 Å². The third-order valence-corrected chi connectivity index (χ3v) is 6.35. The van der Waals surface area contributed by atoms with Crippen molar-refractivity contribution in [2.45, 2.75) is 38.8 Å². The molecule has 0 saturated carbocycles. The molecule has 3 aromatic carbocycles. The molecule has 2 aliphatic heterocycles. The van der Waals surface area contributed by atoms with Crippen molar-refractivity contribution in [2.24, 2.45) is 4.99 Å². The van der Waals surface area contributed by atoms with Crippen LogP contribution in [0.15, 0.2) is 53.5 Å². The molecule has 0 aliphatic carbocycles. The summed E-state index contributed by atoms with van der Waals surface area (Å²) in [6.45, 7) is 8.85. The van der Waals surface area contributed by atoms with E-state index in [2.05, 4.69) is 88.2 Å². The van der Waals surface area contributed by atoms with Gasteiger partial charge in [0.15, 0.2) is 0 Å². The number of aliphatic imine (C=N–C) groups is 1. The molecule has 3 nitrogen and oxygen atoms in total. The molecule has 0 amide bonds. The van der Waals surface area contributed by atoms with Crippen LogP contribution in [0.2, 0.25) is 0 Å². The first kappa shape index (κ1) is 16.4. The van der Waals surface area contributed by atoms with Crippen molar-refractivity contribution >= 4 is 28.4 Å². The van der Waals surface area contributed by atoms with Crippen LogP contribution in [-0.4, -0.2) is 19.0 Å². The van der Waals surface area contributed by atoms with Crippen molar-refractivity contribution in [1.29, 1.82) is 0 Å². The molecular weight excluding hydrogens is 332 g/mol. The van der Waals surface area contributed by atoms with E-state index in [1.807, 2.05) is 6.21 Å². The predicted molar refractivity (Wildman–Crippen MR) is 113 cm³/mol. The Bertz CT molecular complexity index is 1130. The van der Waals surface area contributed by atoms with Gasteiger partial charge < -0.3 is 9.64 Å². The third-order valence-electron chi connectivity index (χ3n) is 6.35. The molecule has 0 fully saturated rings. The van der Waals surface area contributed by atoms with Crippen LogP contribution in [0.5, 0.6) is 5.75 Å². The molecule has 0 N–H and O–H groups in total. The maximum absolute atomic E-state index is 6.77. The number of ether oxygens (including phenoxy) is 1. The number of hydrogen-bond donors (Lipinski definition) is 0. The Labute approximate surface area is 160 Å². The van der Waals surface area contributed by atoms with Crippen molar-refractivity contribution in [1.82, 2.24) is 0 Å². The summed E-state index contributed by atoms with van der Waals surface area (Å²) in [5.41, 5.74) is 5.18. The summed E-state index contributed by atoms with van der Waals surface area (Å²) in [6.07, 6.45) is 2.01. The normalized spacial score (nSPS) is 22.0. The lowest BCUT2D eigenvalue weighted by Gasteiger charge is -2.45. The number of likely N-dealkylation sites (N-methyl/N-ethyl adjacent to an activating group) is 1. The van der Waals surface area contributed by atoms with E-state index >= 15 is 0 Å². The van der Waals surface area contributed by atoms with Gasteiger partial charge in [0.25, 0.3) is 0 Å². The molecule has 136 valence electrons. The fourth-order valence-corrected chi connectivity index (χ4v) is 4.90. The number of aryl methyl sites for hydroxylation is 2. The van der Waals surface area contributed by atoms with Gasteiger partial charge in [0.1, 0.15) is 11.4 Å². The van der Waals surface area contributed by atoms with E-state index in [9.17, 15) is 0 Å². The first-order valence-corrected chi connectivity index (χ1v) is 9.47. The molecule has 1 unspecified atom stereocenters. The second-order valence-corrected chi connectivity index (χ2v) is 8.35. The fourth-order valence-electron chi connectivity index (χ4n) is 4.90. The molecule has 0 bridgehead atoms. The number of nitrogens with zero attached hydrogens (tertiary/aromatic N) is 2. The summed E-state index contributed by atoms with van der Waals surface area (Å²) in [6, 6.07) is 17.0. The van der Waals surface area contributed by atoms with Crippen LogP contribution in [0.1, 0.15) is 30.5 Å². The summed E-state index contributed by atoms with van der Waals surface area (Å²) in [7, 11) is 2.12. The minimum Gasteiger partial charge on any atom is -0.459 e. The Morgan fingerprint density at radius 1 is 1.00 bits per heavy atom. The summed E-state index contributed by atoms with van der Waals surface area (Å²) >= 11 is 0. The molecule has 0 saturated heterocycles. The molecule has 0 radical (unpaired) electrons. The highest BCUT2D eigenvalue weighted by atomic mass is 16.5. The molecule has 5 rings (SSSR count). The summed E-state index contributed by atoms with van der Waals surface area (Å²) in [4.78, 5) is 7.21. The standard InChI is InChI=1S/C24H24N2O/c1-15-12-16(2)22-19(13-15)23(3,4)24(26(22)5)14-25-21-18-9-7-6-8-17(18)10-11-20(21)27-24/h6-14H,1-5H3. The lowest BCUT2D eigenvalue weighted by Crippen LogP contribution is -2.61. The van der Waals surface area contributed by atoms with E-state index in [0.29, 0.717) is 0 Å². The van der Waals surface area contributed by atoms with Gasteiger partial charge in [0.2, 0.25) is 5.72 Å². The lowest BCUT2D eigenvalue weighted by molar-refractivity contribution is 0.0826. The second-order valence-electron chi connectivity index (χ2n) is 8.35. The molecular formula is C24H24N2O. The molecule has 3 heteroatoms. The minimum absolute atomic E-state index is 0.235. The zero-order valence-corrected chi connectivity index (χ0v) is 16.5. The topological polar surface area (TPSA) is 24.8 Å². The molecule has 2 aliphatic rings. The van der Waals surface area contributed by atoms with Crippen molar-refractivity contribution in [3.05, 3.63) is 65.2 Å². The molecule has 27 heavy (non-hydrogen) atoms. The Hall–Kier alpha value is -2.81. The fraction of sp³-hybridized carbons (Fsp3) is 0.292. The number of hydrogen-bond acceptors (Lipinski definition) is 3. The van der Waals surface area contributed by atoms with Crippen LogP contribution >= 0.6 is 0 Å². The van der Waals surface area contributed by atoms with Crippen LogP contribution < -0.4 is 9.64 Å². The van der Waals surface area contributed by atoms with Crippen LogP contribution in [0.3, 0.4) is 0 Å². The zero-order valence-electron chi connectivity index (χ0n) is 16.5. The Morgan fingerprint density at radius 2 is 1.78 bits per heavy atom. The van der Waals surface area contributed by atoms with E-state index in [4.69, 9.17) is 9.73 Å². The van der Waals surface area contributed by atoms with Crippen molar-refractivity contribution in [3.8, 4) is 5.75 Å². The van der Waals surface area contributed by atoms with Gasteiger partial charge in [-0.25, -0.2) is 0 Å². The SMILES string of the molecule is Cc1cc(C)c2c(c1)C(C)(C)C1(C=Nc3c(ccc4ccccc34)O1)N2C. The van der Waals surface area contributed by atoms with Gasteiger partial charge >= 0.3 is 0 Å². The first-order chi connectivity index (χ1) is 12.8. The Kier molecular flexibility index (Phi) is 3.11. The van der Waals surface area contributed by atoms with Gasteiger partial charge in [0.05, 0.1) is 11.6 Å². The Balaban J connectivity index is 1.73. The van der Waals surface area contributed by atoms with Crippen molar-refractivity contribution in [3.63, 3.8) is 0 Å². The van der Waals surface area contributed by atoms with Gasteiger partial charge in [-0.3, -0.25) is 4.99 Å². The number of fused-ring (bicyclic) bond motifs is 4. The molecule has 3 aromatic rings. The van der Waals surface area contributed by atoms with Crippen LogP contribution in [0, 0.1) is 13.8 Å². The number of benzene rings is 3. The predicted octanol–water partition coefficient (Wildman–Crippen LogP) is 5.68. The van der Waals surface area contributed by atoms with Gasteiger partial charge in [-0.1, -0.05) is 48.0 Å². The van der Waals surface area contributed by atoms with Crippen LogP contribution in [0.4, 0.5) is 11.4 Å². The maximum Gasteiger partial charge on any atom is 0.228 e. The molecule has 2 heterocycles. The number of rotatable bonds is 0. The quantitative estimate of drug-likeness (QED) is 0.518. The minimum atomic E-state index is -0.636. The largest absolute Gasteiger partial charge is 0.459 e. The summed E-state index contributed by atoms with van der Waals surface area (Å²) in [5.74, 6) is 0.846. The average Bonchev–Trinajstić information content (AvgIpc) is 2.80. The Morgan fingerprint density at radius 3 is 2.59 bits per heavy atom. The van der Waals surface area contributed by atoms with Gasteiger partial charge in [-0.15, -0.1) is 0 Å². The van der Waals surface area contributed by atoms with Gasteiger partial charge in [-0.05, 0) is 50.3 Å². The smallest absolute Gasteiger partial charge is 0.228 e. The first-order valence-electron chi connectivity index (χ1n) is 9.47. The van der Waals surface area contributed by atoms with E-state index in [1.54, 1.807) is 0 Å². The second kappa shape index (κ2) is 5.13. The average molecular weight is 356 g/mol. The maximum atomic E-state index is 6.77. The number of anilines is 1. The van der Waals surface area contributed by atoms with E-state index < -0.39 is 5.72 Å². The monoisotopic (exact) mass is 356 g/mol. The lowest BCUT2D eigenvalue weighted by atomic mass is 9.77. The van der Waals surface area contributed by atoms with Gasteiger partial charge in [0, 0.05) is 18.1 Å². The molecule has 1 spiro atoms. The molecule has 0 aromatic heterocycles. The highest BCUT2D eigenvalue weighted by molar-refractivity contribution is 5.99. The van der Waals surface area contributed by atoms with Crippen molar-refractivity contribution in [2.75, 3.05) is 11.9 Å². The molecule has 1 atom stereocenters. The highest BCUT2D eigenvalue weighted by Crippen LogP contribution is 2.55. The van der Waals surface area contributed by atoms with Crippen molar-refractivity contribution < 1.29 is 4.74 Å². The van der Waals surface area contributed by atoms with Crippen LogP contribution in [0.25, 0.3) is 10.8 Å². The third kappa shape index (κ3) is 1.94. The highest BCUT2D eigenvalue weighted by Gasteiger charge is 2.59. The summed E-state index contributed by atoms with van der Waals surface area (Å²) in [5, 5.41) is 2.31. The van der Waals surface area contributed by atoms with E-state index in [1.165, 1.54) is 27.8 Å². The zero-order chi connectivity index (χ0) is 19.0. The van der Waals surface area contributed by atoms with Gasteiger partial charge in [-0.2, -0.15) is 0 Å². The van der Waals surface area contributed by atoms with E-state index in [-0.39, 0.29) is 5.41 Å².